The summed E-state index contributed by atoms with van der Waals surface area (Å²) in [5, 5.41) is 4.64. The Kier molecular flexibility index (Phi) is 2.59. The molecular formula is C14H16N2O2. The molecular weight excluding hydrogens is 228 g/mol. The Bertz CT molecular complexity index is 616. The van der Waals surface area contributed by atoms with E-state index in [4.69, 9.17) is 4.74 Å². The van der Waals surface area contributed by atoms with E-state index in [1.54, 1.807) is 0 Å². The van der Waals surface area contributed by atoms with Gasteiger partial charge in [-0.3, -0.25) is 0 Å². The van der Waals surface area contributed by atoms with Crippen molar-refractivity contribution in [1.29, 1.82) is 0 Å². The third-order valence-corrected chi connectivity index (χ3v) is 3.55. The summed E-state index contributed by atoms with van der Waals surface area (Å²) in [6.45, 7) is 3.04. The second-order valence-electron chi connectivity index (χ2n) is 4.82. The smallest absolute Gasteiger partial charge is 0.337 e. The number of aromatic amines is 1. The van der Waals surface area contributed by atoms with Crippen LogP contribution in [0, 0.1) is 0 Å². The number of methoxy groups -OCH3 is 1. The topological polar surface area (TPSA) is 54.1 Å². The number of benzene rings is 1. The van der Waals surface area contributed by atoms with E-state index < -0.39 is 0 Å². The molecule has 3 rings (SSSR count). The maximum atomic E-state index is 11.5. The minimum atomic E-state index is -0.295. The zero-order valence-corrected chi connectivity index (χ0v) is 10.5. The first kappa shape index (κ1) is 11.3. The first-order valence-corrected chi connectivity index (χ1v) is 6.14. The second-order valence-corrected chi connectivity index (χ2v) is 4.82. The SMILES string of the molecule is COC(=O)c1ccc2c3c([nH]c2c1)CNC(C)C3. The molecule has 0 spiro atoms. The Hall–Kier alpha value is -1.81. The van der Waals surface area contributed by atoms with E-state index in [2.05, 4.69) is 17.2 Å². The first-order valence-electron chi connectivity index (χ1n) is 6.14. The van der Waals surface area contributed by atoms with Crippen LogP contribution in [0.4, 0.5) is 0 Å². The molecule has 0 fully saturated rings. The Morgan fingerprint density at radius 2 is 2.28 bits per heavy atom. The van der Waals surface area contributed by atoms with Crippen molar-refractivity contribution < 1.29 is 9.53 Å². The predicted octanol–water partition coefficient (Wildman–Crippen LogP) is 1.99. The fourth-order valence-corrected chi connectivity index (χ4v) is 2.59. The molecule has 94 valence electrons. The highest BCUT2D eigenvalue weighted by Gasteiger charge is 2.19. The van der Waals surface area contributed by atoms with Crippen molar-refractivity contribution in [2.24, 2.45) is 0 Å². The zero-order valence-electron chi connectivity index (χ0n) is 10.5. The first-order chi connectivity index (χ1) is 8.69. The highest BCUT2D eigenvalue weighted by molar-refractivity contribution is 5.95. The molecule has 1 atom stereocenters. The van der Waals surface area contributed by atoms with E-state index in [0.717, 1.165) is 18.5 Å². The van der Waals surface area contributed by atoms with Gasteiger partial charge in [-0.25, -0.2) is 4.79 Å². The minimum absolute atomic E-state index is 0.295. The van der Waals surface area contributed by atoms with Gasteiger partial charge in [-0.1, -0.05) is 6.07 Å². The van der Waals surface area contributed by atoms with E-state index in [9.17, 15) is 4.79 Å². The Morgan fingerprint density at radius 1 is 1.44 bits per heavy atom. The van der Waals surface area contributed by atoms with E-state index >= 15 is 0 Å². The van der Waals surface area contributed by atoms with Gasteiger partial charge in [0.15, 0.2) is 0 Å². The van der Waals surface area contributed by atoms with Gasteiger partial charge in [-0.15, -0.1) is 0 Å². The molecule has 2 heterocycles. The van der Waals surface area contributed by atoms with Crippen LogP contribution in [0.25, 0.3) is 10.9 Å². The molecule has 1 aliphatic rings. The number of ether oxygens (including phenoxy) is 1. The van der Waals surface area contributed by atoms with Crippen molar-refractivity contribution in [2.75, 3.05) is 7.11 Å². The maximum Gasteiger partial charge on any atom is 0.337 e. The maximum absolute atomic E-state index is 11.5. The van der Waals surface area contributed by atoms with Crippen molar-refractivity contribution >= 4 is 16.9 Å². The molecule has 0 radical (unpaired) electrons. The molecule has 1 aromatic heterocycles. The number of nitrogens with one attached hydrogen (secondary N) is 2. The number of aromatic nitrogens is 1. The molecule has 1 aliphatic heterocycles. The van der Waals surface area contributed by atoms with Gasteiger partial charge in [0.25, 0.3) is 0 Å². The van der Waals surface area contributed by atoms with E-state index in [-0.39, 0.29) is 5.97 Å². The average Bonchev–Trinajstić information content (AvgIpc) is 2.74. The normalized spacial score (nSPS) is 18.7. The number of H-pyrrole nitrogens is 1. The van der Waals surface area contributed by atoms with Gasteiger partial charge >= 0.3 is 5.97 Å². The molecule has 0 saturated heterocycles. The van der Waals surface area contributed by atoms with Crippen molar-refractivity contribution in [2.45, 2.75) is 25.9 Å². The zero-order chi connectivity index (χ0) is 12.7. The fraction of sp³-hybridized carbons (Fsp3) is 0.357. The van der Waals surface area contributed by atoms with Crippen molar-refractivity contribution in [3.63, 3.8) is 0 Å². The molecule has 0 aliphatic carbocycles. The summed E-state index contributed by atoms with van der Waals surface area (Å²) >= 11 is 0. The van der Waals surface area contributed by atoms with Crippen LogP contribution in [0.1, 0.15) is 28.5 Å². The second kappa shape index (κ2) is 4.14. The Balaban J connectivity index is 2.11. The van der Waals surface area contributed by atoms with Crippen molar-refractivity contribution in [3.05, 3.63) is 35.0 Å². The van der Waals surface area contributed by atoms with Crippen LogP contribution in [-0.4, -0.2) is 24.1 Å². The molecule has 2 N–H and O–H groups in total. The van der Waals surface area contributed by atoms with Gasteiger partial charge in [0, 0.05) is 29.2 Å². The van der Waals surface area contributed by atoms with Gasteiger partial charge in [0.1, 0.15) is 0 Å². The molecule has 1 aromatic carbocycles. The van der Waals surface area contributed by atoms with E-state index in [0.29, 0.717) is 11.6 Å². The van der Waals surface area contributed by atoms with Crippen LogP contribution in [0.15, 0.2) is 18.2 Å². The van der Waals surface area contributed by atoms with E-state index in [1.807, 2.05) is 18.2 Å². The summed E-state index contributed by atoms with van der Waals surface area (Å²) in [4.78, 5) is 14.9. The predicted molar refractivity (Wildman–Crippen MR) is 69.6 cm³/mol. The quantitative estimate of drug-likeness (QED) is 0.754. The number of fused-ring (bicyclic) bond motifs is 3. The highest BCUT2D eigenvalue weighted by atomic mass is 16.5. The molecule has 18 heavy (non-hydrogen) atoms. The third kappa shape index (κ3) is 1.69. The molecule has 0 saturated carbocycles. The lowest BCUT2D eigenvalue weighted by molar-refractivity contribution is 0.0601. The molecule has 0 amide bonds. The fourth-order valence-electron chi connectivity index (χ4n) is 2.59. The lowest BCUT2D eigenvalue weighted by Gasteiger charge is -2.20. The number of carbonyl (C=O) groups is 1. The molecule has 4 heteroatoms. The van der Waals surface area contributed by atoms with Gasteiger partial charge in [0.05, 0.1) is 12.7 Å². The summed E-state index contributed by atoms with van der Waals surface area (Å²) in [6, 6.07) is 6.20. The van der Waals surface area contributed by atoms with Gasteiger partial charge < -0.3 is 15.0 Å². The standard InChI is InChI=1S/C14H16N2O2/c1-8-5-11-10-4-3-9(14(17)18-2)6-12(10)16-13(11)7-15-8/h3-4,6,8,15-16H,5,7H2,1-2H3. The number of hydrogen-bond donors (Lipinski definition) is 2. The van der Waals surface area contributed by atoms with Crippen molar-refractivity contribution in [1.82, 2.24) is 10.3 Å². The summed E-state index contributed by atoms with van der Waals surface area (Å²) in [7, 11) is 1.40. The average molecular weight is 244 g/mol. The molecule has 4 nitrogen and oxygen atoms in total. The van der Waals surface area contributed by atoms with Crippen LogP contribution >= 0.6 is 0 Å². The van der Waals surface area contributed by atoms with Crippen LogP contribution in [0.5, 0.6) is 0 Å². The van der Waals surface area contributed by atoms with Crippen LogP contribution in [0.2, 0.25) is 0 Å². The van der Waals surface area contributed by atoms with E-state index in [1.165, 1.54) is 23.8 Å². The summed E-state index contributed by atoms with van der Waals surface area (Å²) in [5.74, 6) is -0.295. The summed E-state index contributed by atoms with van der Waals surface area (Å²) in [6.07, 6.45) is 1.02. The summed E-state index contributed by atoms with van der Waals surface area (Å²) < 4.78 is 4.74. The van der Waals surface area contributed by atoms with Gasteiger partial charge in [0.2, 0.25) is 0 Å². The number of esters is 1. The number of rotatable bonds is 1. The summed E-state index contributed by atoms with van der Waals surface area (Å²) in [5.41, 5.74) is 4.20. The molecule has 2 aromatic rings. The largest absolute Gasteiger partial charge is 0.465 e. The lowest BCUT2D eigenvalue weighted by Crippen LogP contribution is -2.32. The lowest BCUT2D eigenvalue weighted by atomic mass is 9.99. The van der Waals surface area contributed by atoms with Gasteiger partial charge in [-0.2, -0.15) is 0 Å². The molecule has 1 unspecified atom stereocenters. The number of carbonyl (C=O) groups excluding carboxylic acids is 1. The van der Waals surface area contributed by atoms with Crippen LogP contribution < -0.4 is 5.32 Å². The van der Waals surface area contributed by atoms with Crippen LogP contribution in [0.3, 0.4) is 0 Å². The Morgan fingerprint density at radius 3 is 3.06 bits per heavy atom. The minimum Gasteiger partial charge on any atom is -0.465 e. The van der Waals surface area contributed by atoms with Crippen molar-refractivity contribution in [3.8, 4) is 0 Å². The van der Waals surface area contributed by atoms with Gasteiger partial charge in [-0.05, 0) is 31.0 Å². The number of hydrogen-bond acceptors (Lipinski definition) is 3. The monoisotopic (exact) mass is 244 g/mol. The highest BCUT2D eigenvalue weighted by Crippen LogP contribution is 2.27. The molecule has 0 bridgehead atoms. The third-order valence-electron chi connectivity index (χ3n) is 3.55. The Labute approximate surface area is 105 Å². The van der Waals surface area contributed by atoms with Crippen LogP contribution in [-0.2, 0) is 17.7 Å².